The summed E-state index contributed by atoms with van der Waals surface area (Å²) >= 11 is 0. The van der Waals surface area contributed by atoms with Crippen molar-refractivity contribution in [1.82, 2.24) is 14.3 Å². The first kappa shape index (κ1) is 36.1. The van der Waals surface area contributed by atoms with E-state index in [-0.39, 0.29) is 62.8 Å². The van der Waals surface area contributed by atoms with Crippen LogP contribution in [0.4, 0.5) is 4.79 Å². The molecule has 0 radical (unpaired) electrons. The number of alkyl carbamates (subject to hydrolysis) is 1. The molecule has 15 nitrogen and oxygen atoms in total. The highest BCUT2D eigenvalue weighted by Crippen LogP contribution is 2.35. The SMILES string of the molecule is CC(C)CN(C[C@@H](O)[C@H](Cc1ccc(OCCNS(C)(=O)=O)cc1)NC(=O)O[C@H]1CO[C@H]2OCC[C@H]21)S(=O)(=O)c1ccc2c(c1)OCO2. The van der Waals surface area contributed by atoms with Gasteiger partial charge in [-0.15, -0.1) is 0 Å². The Morgan fingerprint density at radius 2 is 1.79 bits per heavy atom. The molecule has 5 atom stereocenters. The minimum absolute atomic E-state index is 0.00832. The summed E-state index contributed by atoms with van der Waals surface area (Å²) in [6, 6.07) is 10.3. The lowest BCUT2D eigenvalue weighted by Crippen LogP contribution is -2.51. The molecule has 1 amide bonds. The van der Waals surface area contributed by atoms with Crippen molar-refractivity contribution in [2.24, 2.45) is 11.8 Å². The first-order valence-electron chi connectivity index (χ1n) is 15.7. The maximum absolute atomic E-state index is 13.9. The van der Waals surface area contributed by atoms with Gasteiger partial charge in [0.1, 0.15) is 18.5 Å². The zero-order valence-corrected chi connectivity index (χ0v) is 28.7. The highest BCUT2D eigenvalue weighted by atomic mass is 32.2. The van der Waals surface area contributed by atoms with Gasteiger partial charge in [-0.25, -0.2) is 26.4 Å². The van der Waals surface area contributed by atoms with Gasteiger partial charge in [0.05, 0.1) is 42.4 Å². The van der Waals surface area contributed by atoms with Crippen LogP contribution in [0.2, 0.25) is 0 Å². The fourth-order valence-electron chi connectivity index (χ4n) is 5.73. The number of amides is 1. The van der Waals surface area contributed by atoms with Crippen LogP contribution in [0.25, 0.3) is 0 Å². The van der Waals surface area contributed by atoms with Crippen molar-refractivity contribution in [2.45, 2.75) is 56.1 Å². The summed E-state index contributed by atoms with van der Waals surface area (Å²) < 4.78 is 86.9. The summed E-state index contributed by atoms with van der Waals surface area (Å²) in [5.74, 6) is 1.07. The number of fused-ring (bicyclic) bond motifs is 2. The van der Waals surface area contributed by atoms with Gasteiger partial charge < -0.3 is 38.8 Å². The number of ether oxygens (including phenoxy) is 6. The molecule has 266 valence electrons. The Labute approximate surface area is 280 Å². The van der Waals surface area contributed by atoms with Crippen LogP contribution in [0, 0.1) is 11.8 Å². The monoisotopic (exact) mass is 713 g/mol. The number of benzene rings is 2. The fraction of sp³-hybridized carbons (Fsp3) is 0.581. The molecule has 3 heterocycles. The Morgan fingerprint density at radius 1 is 1.04 bits per heavy atom. The van der Waals surface area contributed by atoms with Gasteiger partial charge in [-0.2, -0.15) is 4.31 Å². The topological polar surface area (TPSA) is 188 Å². The van der Waals surface area contributed by atoms with E-state index in [9.17, 15) is 26.7 Å². The van der Waals surface area contributed by atoms with Crippen LogP contribution in [-0.4, -0.2) is 109 Å². The van der Waals surface area contributed by atoms with E-state index in [0.717, 1.165) is 6.26 Å². The first-order chi connectivity index (χ1) is 22.8. The Balaban J connectivity index is 1.31. The molecule has 5 rings (SSSR count). The zero-order valence-electron chi connectivity index (χ0n) is 27.1. The summed E-state index contributed by atoms with van der Waals surface area (Å²) in [6.45, 7) is 4.42. The molecule has 0 saturated carbocycles. The van der Waals surface area contributed by atoms with E-state index in [4.69, 9.17) is 28.4 Å². The molecule has 2 fully saturated rings. The summed E-state index contributed by atoms with van der Waals surface area (Å²) in [5.41, 5.74) is 0.712. The smallest absolute Gasteiger partial charge is 0.407 e. The number of aliphatic hydroxyl groups excluding tert-OH is 1. The molecule has 0 bridgehead atoms. The van der Waals surface area contributed by atoms with Gasteiger partial charge in [0.25, 0.3) is 0 Å². The van der Waals surface area contributed by atoms with Gasteiger partial charge in [-0.1, -0.05) is 26.0 Å². The number of rotatable bonds is 16. The Morgan fingerprint density at radius 3 is 2.52 bits per heavy atom. The molecular weight excluding hydrogens is 670 g/mol. The number of hydrogen-bond acceptors (Lipinski definition) is 12. The van der Waals surface area contributed by atoms with Crippen molar-refractivity contribution >= 4 is 26.1 Å². The average Bonchev–Trinajstić information content (AvgIpc) is 3.77. The molecule has 17 heteroatoms. The van der Waals surface area contributed by atoms with E-state index in [1.165, 1.54) is 22.5 Å². The molecular formula is C31H43N3O12S2. The molecule has 48 heavy (non-hydrogen) atoms. The van der Waals surface area contributed by atoms with E-state index in [1.807, 2.05) is 13.8 Å². The molecule has 3 aliphatic rings. The summed E-state index contributed by atoms with van der Waals surface area (Å²) in [4.78, 5) is 13.2. The van der Waals surface area contributed by atoms with Crippen molar-refractivity contribution in [2.75, 3.05) is 52.5 Å². The summed E-state index contributed by atoms with van der Waals surface area (Å²) in [7, 11) is -7.43. The molecule has 0 aliphatic carbocycles. The largest absolute Gasteiger partial charge is 0.492 e. The average molecular weight is 714 g/mol. The lowest BCUT2D eigenvalue weighted by atomic mass is 10.0. The van der Waals surface area contributed by atoms with Gasteiger partial charge >= 0.3 is 6.09 Å². The van der Waals surface area contributed by atoms with Crippen LogP contribution in [0.1, 0.15) is 25.8 Å². The maximum Gasteiger partial charge on any atom is 0.407 e. The lowest BCUT2D eigenvalue weighted by Gasteiger charge is -2.31. The highest BCUT2D eigenvalue weighted by Gasteiger charge is 2.44. The van der Waals surface area contributed by atoms with Crippen molar-refractivity contribution in [3.05, 3.63) is 48.0 Å². The zero-order chi connectivity index (χ0) is 34.5. The number of sulfonamides is 2. The minimum atomic E-state index is -4.10. The van der Waals surface area contributed by atoms with Gasteiger partial charge in [0.15, 0.2) is 17.8 Å². The molecule has 2 aromatic carbocycles. The van der Waals surface area contributed by atoms with Gasteiger partial charge in [-0.3, -0.25) is 0 Å². The van der Waals surface area contributed by atoms with Crippen LogP contribution in [0.15, 0.2) is 47.4 Å². The lowest BCUT2D eigenvalue weighted by molar-refractivity contribution is -0.0907. The van der Waals surface area contributed by atoms with Crippen LogP contribution >= 0.6 is 0 Å². The number of carbonyl (C=O) groups is 1. The van der Waals surface area contributed by atoms with E-state index < -0.39 is 50.7 Å². The minimum Gasteiger partial charge on any atom is -0.492 e. The molecule has 0 unspecified atom stereocenters. The van der Waals surface area contributed by atoms with E-state index in [2.05, 4.69) is 10.0 Å². The Hall–Kier alpha value is -3.19. The van der Waals surface area contributed by atoms with Gasteiger partial charge in [0.2, 0.25) is 26.8 Å². The molecule has 0 aromatic heterocycles. The second-order valence-corrected chi connectivity index (χ2v) is 16.2. The van der Waals surface area contributed by atoms with Crippen molar-refractivity contribution in [3.63, 3.8) is 0 Å². The number of aliphatic hydroxyl groups is 1. The predicted octanol–water partition coefficient (Wildman–Crippen LogP) is 1.45. The third-order valence-electron chi connectivity index (χ3n) is 8.07. The molecule has 3 N–H and O–H groups in total. The van der Waals surface area contributed by atoms with E-state index >= 15 is 0 Å². The standard InChI is InChI=1S/C31H43N3O12S2/c1-20(2)16-34(48(39,40)23-8-9-27-28(15-23)45-19-44-27)17-26(35)25(33-31(36)46-29-18-43-30-24(29)10-12-42-30)14-21-4-6-22(7-5-21)41-13-11-32-47(3,37)38/h4-9,15,20,24-26,29-30,32,35H,10-14,16-19H2,1-3H3,(H,33,36)/t24-,25-,26+,29-,30+/m0/s1. The van der Waals surface area contributed by atoms with Crippen molar-refractivity contribution in [1.29, 1.82) is 0 Å². The van der Waals surface area contributed by atoms with Crippen LogP contribution in [0.5, 0.6) is 17.2 Å². The Kier molecular flexibility index (Phi) is 11.7. The van der Waals surface area contributed by atoms with Crippen LogP contribution in [0.3, 0.4) is 0 Å². The van der Waals surface area contributed by atoms with E-state index in [1.54, 1.807) is 24.3 Å². The molecule has 3 aliphatic heterocycles. The number of nitrogens with zero attached hydrogens (tertiary/aromatic N) is 1. The van der Waals surface area contributed by atoms with Crippen LogP contribution in [-0.2, 0) is 40.7 Å². The second kappa shape index (κ2) is 15.6. The second-order valence-electron chi connectivity index (χ2n) is 12.4. The molecule has 0 spiro atoms. The third-order valence-corrected chi connectivity index (χ3v) is 10.6. The number of carbonyl (C=O) groups excluding carboxylic acids is 1. The summed E-state index contributed by atoms with van der Waals surface area (Å²) in [6.07, 6.45) is -1.18. The first-order valence-corrected chi connectivity index (χ1v) is 19.1. The predicted molar refractivity (Wildman–Crippen MR) is 172 cm³/mol. The molecule has 2 aromatic rings. The third kappa shape index (κ3) is 9.49. The number of nitrogens with one attached hydrogen (secondary N) is 2. The van der Waals surface area contributed by atoms with Crippen molar-refractivity contribution in [3.8, 4) is 17.2 Å². The highest BCUT2D eigenvalue weighted by molar-refractivity contribution is 7.89. The van der Waals surface area contributed by atoms with Gasteiger partial charge in [0, 0.05) is 25.7 Å². The normalized spacial score (nSPS) is 21.7. The maximum atomic E-state index is 13.9. The fourth-order valence-corrected chi connectivity index (χ4v) is 7.82. The Bertz CT molecular complexity index is 1620. The summed E-state index contributed by atoms with van der Waals surface area (Å²) in [5, 5.41) is 14.4. The molecule has 2 saturated heterocycles. The number of hydrogen-bond donors (Lipinski definition) is 3. The van der Waals surface area contributed by atoms with Gasteiger partial charge in [-0.05, 0) is 48.6 Å². The van der Waals surface area contributed by atoms with Crippen molar-refractivity contribution < 1.29 is 55.2 Å². The quantitative estimate of drug-likeness (QED) is 0.213. The van der Waals surface area contributed by atoms with Crippen LogP contribution < -0.4 is 24.2 Å². The van der Waals surface area contributed by atoms with E-state index in [0.29, 0.717) is 35.8 Å².